The molecule has 4 saturated carbocycles. The standard InChI is InChI=1S/C72H117ClF3N11O12/c1-15-44(7)60-68(96)82(12)46(9)64(92)86-34-31-54(86)67(95)85(16-2)57(38-48-25-23-43(6)24-26-48)66(94)80(10)41-58(88)77-53(30-28-47-27-29-51(52(73)37-47)72(74,75)76)65(93)87-40-50(99-17-3)39-56(87)63(91)79-71(32-20-33-71)70(98)84(14)61(49-21-18-19-22-49)69(97)81(11)45(8)36-59(89)83(13)55(35-42(4)5)62(90)78-60/h42-57,60-61H,15-41H2,1-14H3,(H,77,88)(H,78,90)(H,79,91)/t43?,44-,45+,46-,47?,48?,50+,51?,52?,53-,54-,55-,56-,57-,60-,61-/m0/s1. The maximum atomic E-state index is 15.5. The fourth-order valence-corrected chi connectivity index (χ4v) is 16.9. The molecule has 23 nitrogen and oxygen atoms in total. The number of halogens is 4. The number of ether oxygens (including phenoxy) is 1. The van der Waals surface area contributed by atoms with Crippen molar-refractivity contribution in [3.63, 3.8) is 0 Å². The van der Waals surface area contributed by atoms with Crippen LogP contribution in [0.2, 0.25) is 0 Å². The highest BCUT2D eigenvalue weighted by molar-refractivity contribution is 6.20. The lowest BCUT2D eigenvalue weighted by atomic mass is 9.74. The third-order valence-corrected chi connectivity index (χ3v) is 24.1. The molecular formula is C72H117ClF3N11O12. The second-order valence-electron chi connectivity index (χ2n) is 30.9. The Morgan fingerprint density at radius 1 is 0.646 bits per heavy atom. The Labute approximate surface area is 590 Å². The molecule has 7 fully saturated rings. The number of amides is 11. The Morgan fingerprint density at radius 3 is 1.85 bits per heavy atom. The van der Waals surface area contributed by atoms with Crippen molar-refractivity contribution in [1.82, 2.24) is 55.1 Å². The van der Waals surface area contributed by atoms with Crippen LogP contribution in [0.3, 0.4) is 0 Å². The van der Waals surface area contributed by atoms with E-state index in [0.717, 1.165) is 38.5 Å². The van der Waals surface area contributed by atoms with Crippen molar-refractivity contribution in [3.8, 4) is 0 Å². The van der Waals surface area contributed by atoms with Gasteiger partial charge in [0.2, 0.25) is 65.0 Å². The molecule has 0 aromatic heterocycles. The summed E-state index contributed by atoms with van der Waals surface area (Å²) in [6.45, 7) is 16.2. The predicted molar refractivity (Wildman–Crippen MR) is 368 cm³/mol. The Hall–Kier alpha value is -5.79. The third-order valence-electron chi connectivity index (χ3n) is 23.6. The third kappa shape index (κ3) is 19.1. The van der Waals surface area contributed by atoms with Crippen molar-refractivity contribution >= 4 is 76.6 Å². The summed E-state index contributed by atoms with van der Waals surface area (Å²) in [7, 11) is 7.55. The first kappa shape index (κ1) is 80.5. The lowest BCUT2D eigenvalue weighted by Gasteiger charge is -2.46. The molecule has 3 unspecified atom stereocenters. The van der Waals surface area contributed by atoms with E-state index in [1.807, 2.05) is 27.7 Å². The summed E-state index contributed by atoms with van der Waals surface area (Å²) in [5.41, 5.74) is -1.49. The minimum Gasteiger partial charge on any atom is -0.377 e. The number of nitrogens with one attached hydrogen (secondary N) is 3. The average molecular weight is 1420 g/mol. The van der Waals surface area contributed by atoms with Crippen LogP contribution in [0.4, 0.5) is 13.2 Å². The van der Waals surface area contributed by atoms with Gasteiger partial charge in [0.05, 0.1) is 18.6 Å². The smallest absolute Gasteiger partial charge is 0.377 e. The highest BCUT2D eigenvalue weighted by atomic mass is 35.5. The molecule has 7 aliphatic rings. The number of hydrogen-bond donors (Lipinski definition) is 3. The number of likely N-dealkylation sites (N-methyl/N-ethyl adjacent to an activating group) is 6. The van der Waals surface area contributed by atoms with Gasteiger partial charge in [-0.15, -0.1) is 11.6 Å². The quantitative estimate of drug-likeness (QED) is 0.159. The van der Waals surface area contributed by atoms with Gasteiger partial charge in [0, 0.05) is 85.7 Å². The molecule has 3 heterocycles. The Bertz CT molecular complexity index is 2870. The molecule has 0 radical (unpaired) electrons. The maximum absolute atomic E-state index is 15.5. The van der Waals surface area contributed by atoms with Crippen LogP contribution in [0, 0.1) is 41.4 Å². The highest BCUT2D eigenvalue weighted by Gasteiger charge is 2.54. The summed E-state index contributed by atoms with van der Waals surface area (Å²) >= 11 is 6.44. The van der Waals surface area contributed by atoms with Gasteiger partial charge in [0.25, 0.3) is 0 Å². The van der Waals surface area contributed by atoms with Crippen molar-refractivity contribution in [2.75, 3.05) is 68.0 Å². The van der Waals surface area contributed by atoms with E-state index in [2.05, 4.69) is 22.9 Å². The molecule has 1 spiro atoms. The van der Waals surface area contributed by atoms with Crippen LogP contribution < -0.4 is 16.0 Å². The van der Waals surface area contributed by atoms with E-state index in [4.69, 9.17) is 16.3 Å². The fraction of sp³-hybridized carbons (Fsp3) is 0.847. The van der Waals surface area contributed by atoms with Gasteiger partial charge in [-0.25, -0.2) is 0 Å². The van der Waals surface area contributed by atoms with Crippen LogP contribution in [0.1, 0.15) is 204 Å². The molecule has 7 rings (SSSR count). The van der Waals surface area contributed by atoms with Crippen LogP contribution in [-0.4, -0.2) is 250 Å². The summed E-state index contributed by atoms with van der Waals surface area (Å²) in [4.78, 5) is 176. The Kier molecular flexibility index (Phi) is 28.4. The second kappa shape index (κ2) is 34.9. The van der Waals surface area contributed by atoms with Gasteiger partial charge < -0.3 is 59.9 Å². The molecule has 14 atom stereocenters. The van der Waals surface area contributed by atoms with Crippen molar-refractivity contribution < 1.29 is 70.6 Å². The van der Waals surface area contributed by atoms with Crippen molar-refractivity contribution in [2.45, 2.75) is 281 Å². The zero-order chi connectivity index (χ0) is 73.3. The number of rotatable bonds is 13. The van der Waals surface area contributed by atoms with Gasteiger partial charge in [-0.1, -0.05) is 79.6 Å². The summed E-state index contributed by atoms with van der Waals surface area (Å²) in [5.74, 6) is -8.62. The normalized spacial score (nSPS) is 33.2. The number of hydrogen-bond acceptors (Lipinski definition) is 12. The van der Waals surface area contributed by atoms with E-state index in [1.165, 1.54) is 60.3 Å². The van der Waals surface area contributed by atoms with E-state index in [0.29, 0.717) is 31.6 Å². The first-order chi connectivity index (χ1) is 46.6. The van der Waals surface area contributed by atoms with E-state index < -0.39 is 161 Å². The van der Waals surface area contributed by atoms with Crippen LogP contribution in [-0.2, 0) is 57.5 Å². The second-order valence-corrected chi connectivity index (χ2v) is 31.4. The minimum absolute atomic E-state index is 0.00154. The zero-order valence-corrected chi connectivity index (χ0v) is 62.2. The molecule has 4 aliphatic carbocycles. The van der Waals surface area contributed by atoms with E-state index in [-0.39, 0.29) is 127 Å². The largest absolute Gasteiger partial charge is 0.393 e. The number of alkyl halides is 4. The first-order valence-corrected chi connectivity index (χ1v) is 37.5. The Morgan fingerprint density at radius 2 is 1.29 bits per heavy atom. The Balaban J connectivity index is 1.27. The lowest BCUT2D eigenvalue weighted by Crippen LogP contribution is -2.68. The van der Waals surface area contributed by atoms with Crippen molar-refractivity contribution in [1.29, 1.82) is 0 Å². The topological polar surface area (TPSA) is 259 Å². The molecular weight excluding hydrogens is 1300 g/mol. The van der Waals surface area contributed by atoms with Crippen LogP contribution >= 0.6 is 11.6 Å². The van der Waals surface area contributed by atoms with Crippen molar-refractivity contribution in [2.24, 2.45) is 41.4 Å². The minimum atomic E-state index is -4.51. The van der Waals surface area contributed by atoms with E-state index in [9.17, 15) is 37.1 Å². The van der Waals surface area contributed by atoms with E-state index >= 15 is 28.8 Å². The highest BCUT2D eigenvalue weighted by Crippen LogP contribution is 2.44. The molecule has 3 N–H and O–H groups in total. The van der Waals surface area contributed by atoms with Gasteiger partial charge in [0.1, 0.15) is 53.9 Å². The molecule has 0 bridgehead atoms. The molecule has 99 heavy (non-hydrogen) atoms. The predicted octanol–water partition coefficient (Wildman–Crippen LogP) is 6.89. The average Bonchev–Trinajstić information content (AvgIpc) is 1.67. The molecule has 0 aromatic carbocycles. The van der Waals surface area contributed by atoms with Crippen LogP contribution in [0.5, 0.6) is 0 Å². The molecule has 3 saturated heterocycles. The van der Waals surface area contributed by atoms with Gasteiger partial charge >= 0.3 is 6.18 Å². The molecule has 27 heteroatoms. The van der Waals surface area contributed by atoms with Gasteiger partial charge in [-0.05, 0) is 147 Å². The zero-order valence-electron chi connectivity index (χ0n) is 61.5. The number of nitrogens with zero attached hydrogens (tertiary/aromatic N) is 8. The molecule has 0 aromatic rings. The fourth-order valence-electron chi connectivity index (χ4n) is 16.4. The van der Waals surface area contributed by atoms with Gasteiger partial charge in [-0.3, -0.25) is 52.7 Å². The summed E-state index contributed by atoms with van der Waals surface area (Å²) in [5, 5.41) is 7.67. The number of carbonyl (C=O) groups is 11. The van der Waals surface area contributed by atoms with E-state index in [1.54, 1.807) is 41.8 Å². The molecule has 560 valence electrons. The number of fused-ring (bicyclic) bond motifs is 2. The molecule has 11 amide bonds. The van der Waals surface area contributed by atoms with Gasteiger partial charge in [0.15, 0.2) is 0 Å². The summed E-state index contributed by atoms with van der Waals surface area (Å²) < 4.78 is 48.3. The van der Waals surface area contributed by atoms with Crippen LogP contribution in [0.25, 0.3) is 0 Å². The SMILES string of the molecule is CCO[C@@H]1C[C@H]2C(=O)NC3(CCC3)C(=O)N(C)[C@@H](C3CCCC3)C(=O)N(C)[C@H](C)CC(=O)N(C)[C@@H](CC(C)C)C(=O)N[C@@H]([C@@H](C)CC)C(=O)N(C)[C@@H](C)C(=O)N3CC[C@H]3C(=O)N(CC)[C@@H](CC3CCC(C)CC3)C(=O)N(C)CC(=O)N[C@@H](CCC3CCC(C(F)(F)F)C(Cl)C3)C(=O)N2C1. The van der Waals surface area contributed by atoms with Crippen molar-refractivity contribution in [3.05, 3.63) is 0 Å². The summed E-state index contributed by atoms with van der Waals surface area (Å²) in [6.07, 6.45) is 3.10. The number of carbonyl (C=O) groups excluding carboxylic acids is 11. The maximum Gasteiger partial charge on any atom is 0.393 e. The lowest BCUT2D eigenvalue weighted by molar-refractivity contribution is -0.182. The summed E-state index contributed by atoms with van der Waals surface area (Å²) in [6, 6.07) is -9.77. The first-order valence-electron chi connectivity index (χ1n) is 37.1. The van der Waals surface area contributed by atoms with Gasteiger partial charge in [-0.2, -0.15) is 13.2 Å². The molecule has 3 aliphatic heterocycles. The monoisotopic (exact) mass is 1420 g/mol. The van der Waals surface area contributed by atoms with Crippen LogP contribution in [0.15, 0.2) is 0 Å².